The molecule has 29 heavy (non-hydrogen) atoms. The maximum atomic E-state index is 12.1. The summed E-state index contributed by atoms with van der Waals surface area (Å²) < 4.78 is 16.0. The van der Waals surface area contributed by atoms with Gasteiger partial charge in [-0.25, -0.2) is 4.79 Å². The molecule has 1 aromatic heterocycles. The van der Waals surface area contributed by atoms with Crippen molar-refractivity contribution in [3.63, 3.8) is 0 Å². The molecule has 1 amide bonds. The fourth-order valence-electron chi connectivity index (χ4n) is 3.00. The van der Waals surface area contributed by atoms with E-state index in [-0.39, 0.29) is 6.61 Å². The van der Waals surface area contributed by atoms with Crippen LogP contribution in [0.1, 0.15) is 35.8 Å². The number of rotatable bonds is 9. The molecule has 2 aromatic rings. The molecule has 0 saturated carbocycles. The molecule has 8 heteroatoms. The first kappa shape index (κ1) is 20.7. The SMILES string of the molecule is CCCOc1ccccc1OCC(=O)OCC(=O)Nc1sc2c(c1C#N)CCC2. The number of carbonyl (C=O) groups excluding carboxylic acids is 2. The number of esters is 1. The third kappa shape index (κ3) is 5.27. The Balaban J connectivity index is 1.47. The minimum atomic E-state index is -0.667. The fraction of sp³-hybridized carbons (Fsp3) is 0.381. The van der Waals surface area contributed by atoms with Gasteiger partial charge in [0.1, 0.15) is 11.1 Å². The highest BCUT2D eigenvalue weighted by molar-refractivity contribution is 7.16. The van der Waals surface area contributed by atoms with E-state index in [1.165, 1.54) is 11.3 Å². The summed E-state index contributed by atoms with van der Waals surface area (Å²) in [7, 11) is 0. The van der Waals surface area contributed by atoms with Crippen molar-refractivity contribution in [2.24, 2.45) is 0 Å². The molecule has 0 bridgehead atoms. The molecular weight excluding hydrogens is 392 g/mol. The second-order valence-corrected chi connectivity index (χ2v) is 7.57. The standard InChI is InChI=1S/C21H22N2O5S/c1-2-10-26-16-7-3-4-8-17(16)27-13-20(25)28-12-19(24)23-21-15(11-22)14-6-5-9-18(14)29-21/h3-4,7-8H,2,5-6,9-10,12-13H2,1H3,(H,23,24). The third-order valence-electron chi connectivity index (χ3n) is 4.31. The highest BCUT2D eigenvalue weighted by Crippen LogP contribution is 2.38. The number of nitrogens with one attached hydrogen (secondary N) is 1. The monoisotopic (exact) mass is 414 g/mol. The molecule has 0 spiro atoms. The van der Waals surface area contributed by atoms with Crippen molar-refractivity contribution < 1.29 is 23.8 Å². The van der Waals surface area contributed by atoms with Crippen molar-refractivity contribution in [2.45, 2.75) is 32.6 Å². The molecule has 1 N–H and O–H groups in total. The predicted octanol–water partition coefficient (Wildman–Crippen LogP) is 3.46. The summed E-state index contributed by atoms with van der Waals surface area (Å²) in [6, 6.07) is 9.21. The van der Waals surface area contributed by atoms with Gasteiger partial charge in [0.2, 0.25) is 0 Å². The number of aryl methyl sites for hydroxylation is 1. The number of carbonyl (C=O) groups is 2. The topological polar surface area (TPSA) is 97.7 Å². The summed E-state index contributed by atoms with van der Waals surface area (Å²) in [6.07, 6.45) is 3.68. The van der Waals surface area contributed by atoms with Gasteiger partial charge in [-0.05, 0) is 43.4 Å². The smallest absolute Gasteiger partial charge is 0.344 e. The number of nitriles is 1. The third-order valence-corrected chi connectivity index (χ3v) is 5.51. The molecule has 1 heterocycles. The molecule has 0 unspecified atom stereocenters. The number of benzene rings is 1. The zero-order chi connectivity index (χ0) is 20.6. The lowest BCUT2D eigenvalue weighted by molar-refractivity contribution is -0.149. The lowest BCUT2D eigenvalue weighted by Crippen LogP contribution is -2.23. The van der Waals surface area contributed by atoms with Gasteiger partial charge in [0.25, 0.3) is 5.91 Å². The van der Waals surface area contributed by atoms with Gasteiger partial charge >= 0.3 is 5.97 Å². The molecule has 1 aliphatic carbocycles. The van der Waals surface area contributed by atoms with Crippen LogP contribution in [0.2, 0.25) is 0 Å². The number of amides is 1. The molecule has 0 atom stereocenters. The lowest BCUT2D eigenvalue weighted by atomic mass is 10.1. The maximum Gasteiger partial charge on any atom is 0.344 e. The van der Waals surface area contributed by atoms with E-state index >= 15 is 0 Å². The van der Waals surface area contributed by atoms with Crippen LogP contribution in [-0.2, 0) is 27.2 Å². The number of hydrogen-bond donors (Lipinski definition) is 1. The van der Waals surface area contributed by atoms with Crippen molar-refractivity contribution in [2.75, 3.05) is 25.1 Å². The van der Waals surface area contributed by atoms with Crippen LogP contribution >= 0.6 is 11.3 Å². The number of anilines is 1. The van der Waals surface area contributed by atoms with E-state index in [1.54, 1.807) is 18.2 Å². The van der Waals surface area contributed by atoms with Gasteiger partial charge in [0.15, 0.2) is 24.7 Å². The zero-order valence-corrected chi connectivity index (χ0v) is 17.0. The van der Waals surface area contributed by atoms with E-state index < -0.39 is 18.5 Å². The first-order valence-electron chi connectivity index (χ1n) is 9.47. The van der Waals surface area contributed by atoms with E-state index in [4.69, 9.17) is 14.2 Å². The first-order chi connectivity index (χ1) is 14.1. The van der Waals surface area contributed by atoms with Crippen LogP contribution in [-0.4, -0.2) is 31.7 Å². The summed E-state index contributed by atoms with van der Waals surface area (Å²) in [6.45, 7) is 1.76. The largest absolute Gasteiger partial charge is 0.490 e. The van der Waals surface area contributed by atoms with Gasteiger partial charge in [-0.15, -0.1) is 11.3 Å². The molecule has 0 radical (unpaired) electrons. The number of para-hydroxylation sites is 2. The molecule has 1 aromatic carbocycles. The summed E-state index contributed by atoms with van der Waals surface area (Å²) in [5.74, 6) is -0.162. The average Bonchev–Trinajstić information content (AvgIpc) is 3.30. The van der Waals surface area contributed by atoms with Crippen LogP contribution in [0.25, 0.3) is 0 Å². The van der Waals surface area contributed by atoms with E-state index in [1.807, 2.05) is 13.0 Å². The number of fused-ring (bicyclic) bond motifs is 1. The summed E-state index contributed by atoms with van der Waals surface area (Å²) in [4.78, 5) is 25.2. The van der Waals surface area contributed by atoms with Crippen LogP contribution in [0.15, 0.2) is 24.3 Å². The van der Waals surface area contributed by atoms with Crippen LogP contribution in [0.5, 0.6) is 11.5 Å². The quantitative estimate of drug-likeness (QED) is 0.631. The molecule has 0 saturated heterocycles. The molecular formula is C21H22N2O5S. The van der Waals surface area contributed by atoms with Gasteiger partial charge < -0.3 is 19.5 Å². The molecule has 0 aliphatic heterocycles. The minimum Gasteiger partial charge on any atom is -0.490 e. The van der Waals surface area contributed by atoms with Crippen LogP contribution < -0.4 is 14.8 Å². The Labute approximate surface area is 173 Å². The van der Waals surface area contributed by atoms with Crippen molar-refractivity contribution in [3.05, 3.63) is 40.3 Å². The predicted molar refractivity (Wildman–Crippen MR) is 108 cm³/mol. The molecule has 3 rings (SSSR count). The fourth-order valence-corrected chi connectivity index (χ4v) is 4.25. The van der Waals surface area contributed by atoms with E-state index in [0.29, 0.717) is 28.7 Å². The molecule has 7 nitrogen and oxygen atoms in total. The molecule has 152 valence electrons. The summed E-state index contributed by atoms with van der Waals surface area (Å²) in [5.41, 5.74) is 1.55. The van der Waals surface area contributed by atoms with Crippen LogP contribution in [0.3, 0.4) is 0 Å². The minimum absolute atomic E-state index is 0.337. The van der Waals surface area contributed by atoms with E-state index in [0.717, 1.165) is 36.1 Å². The van der Waals surface area contributed by atoms with Gasteiger partial charge in [-0.2, -0.15) is 5.26 Å². The normalized spacial score (nSPS) is 12.0. The molecule has 0 fully saturated rings. The Morgan fingerprint density at radius 2 is 1.93 bits per heavy atom. The second-order valence-electron chi connectivity index (χ2n) is 6.47. The lowest BCUT2D eigenvalue weighted by Gasteiger charge is -2.12. The van der Waals surface area contributed by atoms with Crippen molar-refractivity contribution in [1.29, 1.82) is 5.26 Å². The van der Waals surface area contributed by atoms with Gasteiger partial charge in [0.05, 0.1) is 12.2 Å². The second kappa shape index (κ2) is 9.94. The highest BCUT2D eigenvalue weighted by atomic mass is 32.1. The van der Waals surface area contributed by atoms with Gasteiger partial charge in [0, 0.05) is 4.88 Å². The molecule has 1 aliphatic rings. The average molecular weight is 414 g/mol. The Bertz CT molecular complexity index is 932. The van der Waals surface area contributed by atoms with Crippen molar-refractivity contribution in [3.8, 4) is 17.6 Å². The van der Waals surface area contributed by atoms with Crippen LogP contribution in [0, 0.1) is 11.3 Å². The number of thiophene rings is 1. The van der Waals surface area contributed by atoms with Gasteiger partial charge in [-0.3, -0.25) is 4.79 Å². The van der Waals surface area contributed by atoms with E-state index in [2.05, 4.69) is 11.4 Å². The summed E-state index contributed by atoms with van der Waals surface area (Å²) >= 11 is 1.42. The Kier molecular flexibility index (Phi) is 7.09. The summed E-state index contributed by atoms with van der Waals surface area (Å²) in [5, 5.41) is 12.5. The Morgan fingerprint density at radius 3 is 2.66 bits per heavy atom. The maximum absolute atomic E-state index is 12.1. The van der Waals surface area contributed by atoms with E-state index in [9.17, 15) is 14.9 Å². The van der Waals surface area contributed by atoms with Crippen molar-refractivity contribution >= 4 is 28.2 Å². The van der Waals surface area contributed by atoms with Gasteiger partial charge in [-0.1, -0.05) is 19.1 Å². The number of ether oxygens (including phenoxy) is 3. The number of nitrogens with zero attached hydrogens (tertiary/aromatic N) is 1. The highest BCUT2D eigenvalue weighted by Gasteiger charge is 2.23. The zero-order valence-electron chi connectivity index (χ0n) is 16.2. The Hall–Kier alpha value is -3.05. The first-order valence-corrected chi connectivity index (χ1v) is 10.3. The Morgan fingerprint density at radius 1 is 1.17 bits per heavy atom. The van der Waals surface area contributed by atoms with Crippen LogP contribution in [0.4, 0.5) is 5.00 Å². The van der Waals surface area contributed by atoms with Crippen molar-refractivity contribution in [1.82, 2.24) is 0 Å². The number of hydrogen-bond acceptors (Lipinski definition) is 7.